The van der Waals surface area contributed by atoms with Gasteiger partial charge in [-0.1, -0.05) is 11.6 Å². The molecular weight excluding hydrogens is 402 g/mol. The summed E-state index contributed by atoms with van der Waals surface area (Å²) in [5, 5.41) is 12.1. The lowest BCUT2D eigenvalue weighted by atomic mass is 10.2. The van der Waals surface area contributed by atoms with Crippen LogP contribution in [0.5, 0.6) is 11.8 Å². The van der Waals surface area contributed by atoms with Gasteiger partial charge in [0, 0.05) is 54.4 Å². The maximum absolute atomic E-state index is 6.57. The van der Waals surface area contributed by atoms with Crippen LogP contribution < -0.4 is 15.0 Å². The molecule has 4 aromatic rings. The lowest BCUT2D eigenvalue weighted by molar-refractivity contribution is 0.444. The van der Waals surface area contributed by atoms with Crippen LogP contribution in [0.2, 0.25) is 5.02 Å². The minimum absolute atomic E-state index is 0.204. The van der Waals surface area contributed by atoms with E-state index in [9.17, 15) is 0 Å². The third-order valence-corrected chi connectivity index (χ3v) is 5.45. The van der Waals surface area contributed by atoms with Crippen LogP contribution in [0.1, 0.15) is 30.1 Å². The van der Waals surface area contributed by atoms with Gasteiger partial charge in [-0.15, -0.1) is 0 Å². The average Bonchev–Trinajstić information content (AvgIpc) is 3.33. The van der Waals surface area contributed by atoms with E-state index in [4.69, 9.17) is 16.3 Å². The van der Waals surface area contributed by atoms with Gasteiger partial charge in [0.05, 0.1) is 5.02 Å². The van der Waals surface area contributed by atoms with E-state index in [2.05, 4.69) is 30.5 Å². The Morgan fingerprint density at radius 2 is 1.97 bits per heavy atom. The molecule has 1 aliphatic carbocycles. The van der Waals surface area contributed by atoms with E-state index in [1.54, 1.807) is 0 Å². The highest BCUT2D eigenvalue weighted by molar-refractivity contribution is 6.37. The fraction of sp³-hybridized carbons (Fsp3) is 0.286. The molecule has 1 saturated carbocycles. The molecule has 0 atom stereocenters. The number of ether oxygens (including phenoxy) is 1. The average molecular weight is 424 g/mol. The lowest BCUT2D eigenvalue weighted by Crippen LogP contribution is -2.12. The summed E-state index contributed by atoms with van der Waals surface area (Å²) in [4.78, 5) is 14.2. The standard InChI is InChI=1S/C21H22ClN7O/c1-11-8-13-14(23-11)6-7-16(20(13)22)30-21-25-17(10-19(26-21)29(2)3)24-18-9-15(27-28-18)12-4-5-12/h6-10,12,23H,4-5H2,1-3H3,(H2,24,25,26,27,28). The van der Waals surface area contributed by atoms with Crippen LogP contribution >= 0.6 is 11.6 Å². The van der Waals surface area contributed by atoms with Crippen LogP contribution in [0.3, 0.4) is 0 Å². The second-order valence-electron chi connectivity index (χ2n) is 7.79. The Hall–Kier alpha value is -3.26. The minimum Gasteiger partial charge on any atom is -0.423 e. The third-order valence-electron chi connectivity index (χ3n) is 5.06. The van der Waals surface area contributed by atoms with E-state index in [0.717, 1.165) is 22.3 Å². The molecule has 0 saturated heterocycles. The van der Waals surface area contributed by atoms with E-state index < -0.39 is 0 Å². The largest absolute Gasteiger partial charge is 0.423 e. The second-order valence-corrected chi connectivity index (χ2v) is 8.17. The Morgan fingerprint density at radius 1 is 1.13 bits per heavy atom. The molecule has 9 heteroatoms. The van der Waals surface area contributed by atoms with Crippen molar-refractivity contribution < 1.29 is 4.74 Å². The first-order valence-corrected chi connectivity index (χ1v) is 10.2. The van der Waals surface area contributed by atoms with E-state index in [1.165, 1.54) is 12.8 Å². The molecule has 3 heterocycles. The number of anilines is 3. The molecule has 0 unspecified atom stereocenters. The summed E-state index contributed by atoms with van der Waals surface area (Å²) >= 11 is 6.57. The zero-order valence-corrected chi connectivity index (χ0v) is 17.7. The van der Waals surface area contributed by atoms with Gasteiger partial charge in [0.2, 0.25) is 0 Å². The first-order valence-electron chi connectivity index (χ1n) is 9.80. The van der Waals surface area contributed by atoms with Crippen LogP contribution in [-0.4, -0.2) is 39.2 Å². The highest BCUT2D eigenvalue weighted by atomic mass is 35.5. The maximum Gasteiger partial charge on any atom is 0.325 e. The zero-order valence-electron chi connectivity index (χ0n) is 17.0. The Kier molecular flexibility index (Phi) is 4.51. The molecule has 0 bridgehead atoms. The molecule has 0 radical (unpaired) electrons. The Morgan fingerprint density at radius 3 is 2.73 bits per heavy atom. The van der Waals surface area contributed by atoms with E-state index in [0.29, 0.717) is 34.1 Å². The molecule has 30 heavy (non-hydrogen) atoms. The summed E-state index contributed by atoms with van der Waals surface area (Å²) in [5.74, 6) is 3.11. The molecule has 8 nitrogen and oxygen atoms in total. The van der Waals surface area contributed by atoms with Gasteiger partial charge < -0.3 is 19.9 Å². The number of aromatic amines is 2. The van der Waals surface area contributed by atoms with Gasteiger partial charge >= 0.3 is 6.01 Å². The summed E-state index contributed by atoms with van der Waals surface area (Å²) in [6.07, 6.45) is 2.42. The van der Waals surface area contributed by atoms with Crippen LogP contribution in [0.25, 0.3) is 10.9 Å². The number of aryl methyl sites for hydroxylation is 1. The molecule has 1 aliphatic rings. The summed E-state index contributed by atoms with van der Waals surface area (Å²) in [6.45, 7) is 1.99. The van der Waals surface area contributed by atoms with Crippen molar-refractivity contribution in [3.8, 4) is 11.8 Å². The number of hydrogen-bond acceptors (Lipinski definition) is 6. The molecule has 0 spiro atoms. The van der Waals surface area contributed by atoms with Gasteiger partial charge in [0.15, 0.2) is 5.82 Å². The molecule has 154 valence electrons. The topological polar surface area (TPSA) is 94.8 Å². The first-order chi connectivity index (χ1) is 14.5. The number of aromatic nitrogens is 5. The number of H-pyrrole nitrogens is 2. The normalized spacial score (nSPS) is 13.6. The Labute approximate surface area is 178 Å². The summed E-state index contributed by atoms with van der Waals surface area (Å²) in [6, 6.07) is 9.81. The van der Waals surface area contributed by atoms with E-state index in [1.807, 2.05) is 56.3 Å². The molecule has 0 amide bonds. The number of nitrogens with zero attached hydrogens (tertiary/aromatic N) is 4. The first kappa shape index (κ1) is 18.7. The van der Waals surface area contributed by atoms with Crippen LogP contribution in [0, 0.1) is 6.92 Å². The molecule has 1 fully saturated rings. The second kappa shape index (κ2) is 7.21. The van der Waals surface area contributed by atoms with Gasteiger partial charge in [-0.2, -0.15) is 15.1 Å². The summed E-state index contributed by atoms with van der Waals surface area (Å²) < 4.78 is 5.99. The summed E-state index contributed by atoms with van der Waals surface area (Å²) in [7, 11) is 3.83. The van der Waals surface area contributed by atoms with Gasteiger partial charge in [-0.25, -0.2) is 0 Å². The van der Waals surface area contributed by atoms with Gasteiger partial charge in [0.25, 0.3) is 0 Å². The molecule has 3 aromatic heterocycles. The fourth-order valence-electron chi connectivity index (χ4n) is 3.35. The predicted molar refractivity (Wildman–Crippen MR) is 118 cm³/mol. The van der Waals surface area contributed by atoms with Crippen molar-refractivity contribution in [2.45, 2.75) is 25.7 Å². The lowest BCUT2D eigenvalue weighted by Gasteiger charge is -2.15. The minimum atomic E-state index is 0.204. The van der Waals surface area contributed by atoms with Gasteiger partial charge in [-0.3, -0.25) is 5.10 Å². The third kappa shape index (κ3) is 3.66. The quantitative estimate of drug-likeness (QED) is 0.398. The number of rotatable bonds is 6. The Balaban J connectivity index is 1.45. The number of benzene rings is 1. The van der Waals surface area contributed by atoms with E-state index in [-0.39, 0.29) is 6.01 Å². The number of halogens is 1. The van der Waals surface area contributed by atoms with Crippen molar-refractivity contribution >= 4 is 40.0 Å². The fourth-order valence-corrected chi connectivity index (χ4v) is 3.61. The highest BCUT2D eigenvalue weighted by Crippen LogP contribution is 2.40. The molecular formula is C21H22ClN7O. The van der Waals surface area contributed by atoms with Crippen molar-refractivity contribution in [2.75, 3.05) is 24.3 Å². The van der Waals surface area contributed by atoms with Crippen molar-refractivity contribution in [1.82, 2.24) is 25.1 Å². The smallest absolute Gasteiger partial charge is 0.325 e. The summed E-state index contributed by atoms with van der Waals surface area (Å²) in [5.41, 5.74) is 3.14. The van der Waals surface area contributed by atoms with Gasteiger partial charge in [0.1, 0.15) is 17.4 Å². The Bertz CT molecular complexity index is 1230. The maximum atomic E-state index is 6.57. The van der Waals surface area contributed by atoms with Crippen molar-refractivity contribution in [2.24, 2.45) is 0 Å². The van der Waals surface area contributed by atoms with Crippen molar-refractivity contribution in [3.63, 3.8) is 0 Å². The number of hydrogen-bond donors (Lipinski definition) is 3. The molecule has 3 N–H and O–H groups in total. The van der Waals surface area contributed by atoms with Gasteiger partial charge in [-0.05, 0) is 38.0 Å². The van der Waals surface area contributed by atoms with Crippen molar-refractivity contribution in [3.05, 3.63) is 46.7 Å². The predicted octanol–water partition coefficient (Wildman–Crippen LogP) is 5.12. The highest BCUT2D eigenvalue weighted by Gasteiger charge is 2.25. The van der Waals surface area contributed by atoms with Crippen LogP contribution in [0.15, 0.2) is 30.3 Å². The monoisotopic (exact) mass is 423 g/mol. The van der Waals surface area contributed by atoms with E-state index >= 15 is 0 Å². The molecule has 0 aliphatic heterocycles. The van der Waals surface area contributed by atoms with Crippen molar-refractivity contribution in [1.29, 1.82) is 0 Å². The number of nitrogens with one attached hydrogen (secondary N) is 3. The van der Waals surface area contributed by atoms with Crippen LogP contribution in [-0.2, 0) is 0 Å². The SMILES string of the molecule is Cc1cc2c(Cl)c(Oc3nc(Nc4cc(C5CC5)[nH]n4)cc(N(C)C)n3)ccc2[nH]1. The molecule has 5 rings (SSSR count). The molecule has 1 aromatic carbocycles. The number of fused-ring (bicyclic) bond motifs is 1. The van der Waals surface area contributed by atoms with Crippen LogP contribution in [0.4, 0.5) is 17.5 Å². The zero-order chi connectivity index (χ0) is 20.8.